The van der Waals surface area contributed by atoms with Crippen molar-refractivity contribution in [1.29, 1.82) is 0 Å². The number of nitrogens with zero attached hydrogens (tertiary/aromatic N) is 1. The predicted octanol–water partition coefficient (Wildman–Crippen LogP) is 2.68. The third kappa shape index (κ3) is 3.45. The number of pyridine rings is 1. The molecule has 0 bridgehead atoms. The Hall–Kier alpha value is -1.59. The molecule has 0 saturated heterocycles. The average Bonchev–Trinajstić information content (AvgIpc) is 2.32. The van der Waals surface area contributed by atoms with Crippen molar-refractivity contribution < 1.29 is 8.42 Å². The first-order valence-corrected chi connectivity index (χ1v) is 7.24. The molecule has 1 heterocycles. The molecule has 94 valence electrons. The maximum absolute atomic E-state index is 11.9. The van der Waals surface area contributed by atoms with Crippen molar-refractivity contribution in [3.8, 4) is 0 Å². The second-order valence-electron chi connectivity index (χ2n) is 3.70. The minimum Gasteiger partial charge on any atom is -0.282 e. The molecule has 0 aliphatic rings. The zero-order valence-corrected chi connectivity index (χ0v) is 10.9. The molecule has 0 atom stereocenters. The summed E-state index contributed by atoms with van der Waals surface area (Å²) in [7, 11) is -3.47. The number of hydrogen-bond acceptors (Lipinski definition) is 3. The first-order chi connectivity index (χ1) is 8.57. The summed E-state index contributed by atoms with van der Waals surface area (Å²) < 4.78 is 26.3. The Kier molecular flexibility index (Phi) is 3.84. The quantitative estimate of drug-likeness (QED) is 0.938. The number of benzene rings is 1. The highest BCUT2D eigenvalue weighted by Crippen LogP contribution is 2.22. The molecular formula is C12H11ClN2O2S. The number of anilines is 1. The molecule has 18 heavy (non-hydrogen) atoms. The number of nitrogens with one attached hydrogen (secondary N) is 1. The number of hydrogen-bond donors (Lipinski definition) is 1. The summed E-state index contributed by atoms with van der Waals surface area (Å²) in [6, 6.07) is 10.0. The van der Waals surface area contributed by atoms with E-state index in [-0.39, 0.29) is 5.75 Å². The van der Waals surface area contributed by atoms with Crippen LogP contribution in [0.25, 0.3) is 0 Å². The number of para-hydroxylation sites is 1. The van der Waals surface area contributed by atoms with Crippen LogP contribution in [-0.4, -0.2) is 13.4 Å². The molecule has 2 aromatic rings. The van der Waals surface area contributed by atoms with E-state index in [0.717, 1.165) is 0 Å². The van der Waals surface area contributed by atoms with E-state index in [9.17, 15) is 8.42 Å². The van der Waals surface area contributed by atoms with Crippen LogP contribution in [0.2, 0.25) is 5.02 Å². The Morgan fingerprint density at radius 1 is 1.11 bits per heavy atom. The molecule has 2 rings (SSSR count). The summed E-state index contributed by atoms with van der Waals surface area (Å²) in [6.07, 6.45) is 3.11. The second kappa shape index (κ2) is 5.37. The van der Waals surface area contributed by atoms with Gasteiger partial charge in [0.1, 0.15) is 0 Å². The Morgan fingerprint density at radius 2 is 1.78 bits per heavy atom. The third-order valence-corrected chi connectivity index (χ3v) is 3.82. The molecule has 1 N–H and O–H groups in total. The Morgan fingerprint density at radius 3 is 2.44 bits per heavy atom. The van der Waals surface area contributed by atoms with E-state index in [2.05, 4.69) is 9.71 Å². The van der Waals surface area contributed by atoms with E-state index in [0.29, 0.717) is 16.3 Å². The molecule has 0 amide bonds. The summed E-state index contributed by atoms with van der Waals surface area (Å²) in [4.78, 5) is 3.84. The number of aromatic nitrogens is 1. The van der Waals surface area contributed by atoms with Crippen LogP contribution in [0.5, 0.6) is 0 Å². The SMILES string of the molecule is O=S(=O)(Cc1ccncc1)Nc1ccccc1Cl. The Balaban J connectivity index is 2.16. The van der Waals surface area contributed by atoms with Gasteiger partial charge in [0.25, 0.3) is 0 Å². The molecule has 0 spiro atoms. The maximum atomic E-state index is 11.9. The minimum absolute atomic E-state index is 0.110. The highest BCUT2D eigenvalue weighted by Gasteiger charge is 2.13. The van der Waals surface area contributed by atoms with Gasteiger partial charge >= 0.3 is 0 Å². The minimum atomic E-state index is -3.47. The van der Waals surface area contributed by atoms with Gasteiger partial charge in [0.05, 0.1) is 16.5 Å². The standard InChI is InChI=1S/C12H11ClN2O2S/c13-11-3-1-2-4-12(11)15-18(16,17)9-10-5-7-14-8-6-10/h1-8,15H,9H2. The lowest BCUT2D eigenvalue weighted by molar-refractivity contribution is 0.600. The van der Waals surface area contributed by atoms with Gasteiger partial charge in [0.15, 0.2) is 0 Å². The van der Waals surface area contributed by atoms with Gasteiger partial charge < -0.3 is 0 Å². The van der Waals surface area contributed by atoms with Crippen molar-refractivity contribution in [3.63, 3.8) is 0 Å². The van der Waals surface area contributed by atoms with E-state index >= 15 is 0 Å². The lowest BCUT2D eigenvalue weighted by Crippen LogP contribution is -2.15. The molecule has 0 radical (unpaired) electrons. The van der Waals surface area contributed by atoms with Gasteiger partial charge in [0.2, 0.25) is 10.0 Å². The van der Waals surface area contributed by atoms with Crippen LogP contribution in [0, 0.1) is 0 Å². The zero-order valence-electron chi connectivity index (χ0n) is 9.38. The fourth-order valence-electron chi connectivity index (χ4n) is 1.45. The van der Waals surface area contributed by atoms with Crippen molar-refractivity contribution in [2.75, 3.05) is 4.72 Å². The molecule has 0 saturated carbocycles. The summed E-state index contributed by atoms with van der Waals surface area (Å²) in [5.74, 6) is -0.110. The van der Waals surface area contributed by atoms with Gasteiger partial charge in [-0.25, -0.2) is 8.42 Å². The zero-order chi connectivity index (χ0) is 13.0. The van der Waals surface area contributed by atoms with E-state index in [4.69, 9.17) is 11.6 Å². The largest absolute Gasteiger partial charge is 0.282 e. The van der Waals surface area contributed by atoms with Crippen LogP contribution >= 0.6 is 11.6 Å². The lowest BCUT2D eigenvalue weighted by Gasteiger charge is -2.09. The van der Waals surface area contributed by atoms with Crippen molar-refractivity contribution in [3.05, 3.63) is 59.4 Å². The molecule has 6 heteroatoms. The molecular weight excluding hydrogens is 272 g/mol. The van der Waals surface area contributed by atoms with Crippen molar-refractivity contribution >= 4 is 27.3 Å². The van der Waals surface area contributed by atoms with E-state index in [1.165, 1.54) is 0 Å². The van der Waals surface area contributed by atoms with Crippen LogP contribution in [0.3, 0.4) is 0 Å². The van der Waals surface area contributed by atoms with Crippen LogP contribution in [0.15, 0.2) is 48.8 Å². The molecule has 0 unspecified atom stereocenters. The molecule has 4 nitrogen and oxygen atoms in total. The third-order valence-electron chi connectivity index (χ3n) is 2.25. The summed E-state index contributed by atoms with van der Waals surface area (Å²) in [5.41, 5.74) is 1.05. The molecule has 1 aromatic carbocycles. The van der Waals surface area contributed by atoms with Gasteiger partial charge in [-0.1, -0.05) is 23.7 Å². The molecule has 0 fully saturated rings. The highest BCUT2D eigenvalue weighted by atomic mass is 35.5. The number of rotatable bonds is 4. The second-order valence-corrected chi connectivity index (χ2v) is 5.83. The molecule has 1 aromatic heterocycles. The topological polar surface area (TPSA) is 59.1 Å². The predicted molar refractivity (Wildman–Crippen MR) is 71.9 cm³/mol. The van der Waals surface area contributed by atoms with Crippen LogP contribution in [-0.2, 0) is 15.8 Å². The van der Waals surface area contributed by atoms with Crippen molar-refractivity contribution in [2.24, 2.45) is 0 Å². The van der Waals surface area contributed by atoms with E-state index in [1.54, 1.807) is 48.8 Å². The van der Waals surface area contributed by atoms with Gasteiger partial charge in [-0.2, -0.15) is 0 Å². The maximum Gasteiger partial charge on any atom is 0.236 e. The van der Waals surface area contributed by atoms with Crippen molar-refractivity contribution in [2.45, 2.75) is 5.75 Å². The van der Waals surface area contributed by atoms with E-state index < -0.39 is 10.0 Å². The Bertz CT molecular complexity index is 630. The van der Waals surface area contributed by atoms with Crippen LogP contribution < -0.4 is 4.72 Å². The smallest absolute Gasteiger partial charge is 0.236 e. The molecule has 0 aliphatic heterocycles. The fraction of sp³-hybridized carbons (Fsp3) is 0.0833. The van der Waals surface area contributed by atoms with E-state index in [1.807, 2.05) is 0 Å². The highest BCUT2D eigenvalue weighted by molar-refractivity contribution is 7.91. The van der Waals surface area contributed by atoms with Gasteiger partial charge in [-0.05, 0) is 29.8 Å². The van der Waals surface area contributed by atoms with Gasteiger partial charge in [0, 0.05) is 12.4 Å². The molecule has 0 aliphatic carbocycles. The summed E-state index contributed by atoms with van der Waals surface area (Å²) in [5, 5.41) is 0.371. The summed E-state index contributed by atoms with van der Waals surface area (Å²) in [6.45, 7) is 0. The monoisotopic (exact) mass is 282 g/mol. The first-order valence-electron chi connectivity index (χ1n) is 5.21. The first kappa shape index (κ1) is 12.9. The normalized spacial score (nSPS) is 11.2. The van der Waals surface area contributed by atoms with Gasteiger partial charge in [-0.15, -0.1) is 0 Å². The lowest BCUT2D eigenvalue weighted by atomic mass is 10.3. The van der Waals surface area contributed by atoms with Crippen LogP contribution in [0.1, 0.15) is 5.56 Å². The van der Waals surface area contributed by atoms with Crippen LogP contribution in [0.4, 0.5) is 5.69 Å². The fourth-order valence-corrected chi connectivity index (χ4v) is 2.90. The summed E-state index contributed by atoms with van der Waals surface area (Å²) >= 11 is 5.90. The number of halogens is 1. The Labute approximate surface area is 111 Å². The van der Waals surface area contributed by atoms with Gasteiger partial charge in [-0.3, -0.25) is 9.71 Å². The average molecular weight is 283 g/mol. The van der Waals surface area contributed by atoms with Crippen molar-refractivity contribution in [1.82, 2.24) is 4.98 Å². The number of sulfonamides is 1.